The Morgan fingerprint density at radius 1 is 0.970 bits per heavy atom. The number of carbonyl (C=O) groups excluding carboxylic acids is 2. The number of rotatable bonds is 9. The highest BCUT2D eigenvalue weighted by atomic mass is 35.5. The van der Waals surface area contributed by atoms with Crippen molar-refractivity contribution in [3.63, 3.8) is 0 Å². The summed E-state index contributed by atoms with van der Waals surface area (Å²) in [5, 5.41) is 4.51. The van der Waals surface area contributed by atoms with Crippen molar-refractivity contribution in [2.75, 3.05) is 13.2 Å². The number of benzene rings is 3. The summed E-state index contributed by atoms with van der Waals surface area (Å²) in [6.07, 6.45) is 1.44. The molecular weight excluding hydrogens is 467 g/mol. The molecule has 0 fully saturated rings. The van der Waals surface area contributed by atoms with E-state index >= 15 is 0 Å². The van der Waals surface area contributed by atoms with E-state index in [1.807, 2.05) is 18.2 Å². The van der Waals surface area contributed by atoms with Gasteiger partial charge in [-0.3, -0.25) is 4.79 Å². The van der Waals surface area contributed by atoms with Crippen LogP contribution in [0.25, 0.3) is 0 Å². The van der Waals surface area contributed by atoms with Gasteiger partial charge in [0.05, 0.1) is 23.4 Å². The van der Waals surface area contributed by atoms with E-state index in [1.165, 1.54) is 18.3 Å². The Balaban J connectivity index is 1.62. The molecule has 0 unspecified atom stereocenters. The molecule has 0 atom stereocenters. The molecule has 0 aliphatic heterocycles. The average Bonchev–Trinajstić information content (AvgIpc) is 2.80. The first kappa shape index (κ1) is 24.1. The fourth-order valence-corrected chi connectivity index (χ4v) is 3.13. The van der Waals surface area contributed by atoms with E-state index in [-0.39, 0.29) is 22.9 Å². The van der Waals surface area contributed by atoms with Crippen molar-refractivity contribution in [2.24, 2.45) is 5.10 Å². The zero-order valence-electron chi connectivity index (χ0n) is 17.6. The zero-order valence-corrected chi connectivity index (χ0v) is 19.1. The molecule has 33 heavy (non-hydrogen) atoms. The van der Waals surface area contributed by atoms with E-state index in [4.69, 9.17) is 37.4 Å². The lowest BCUT2D eigenvalue weighted by Crippen LogP contribution is -2.24. The number of halogens is 2. The summed E-state index contributed by atoms with van der Waals surface area (Å²) < 4.78 is 16.4. The largest absolute Gasteiger partial charge is 0.490 e. The summed E-state index contributed by atoms with van der Waals surface area (Å²) in [5.74, 6) is 0.0715. The summed E-state index contributed by atoms with van der Waals surface area (Å²) in [6.45, 7) is 1.98. The first-order valence-electron chi connectivity index (χ1n) is 9.90. The van der Waals surface area contributed by atoms with E-state index in [1.54, 1.807) is 43.3 Å². The van der Waals surface area contributed by atoms with Gasteiger partial charge in [0, 0.05) is 5.02 Å². The molecule has 0 saturated heterocycles. The third kappa shape index (κ3) is 7.24. The summed E-state index contributed by atoms with van der Waals surface area (Å²) in [5.41, 5.74) is 3.18. The Labute approximate surface area is 200 Å². The lowest BCUT2D eigenvalue weighted by molar-refractivity contribution is -0.123. The number of para-hydroxylation sites is 1. The number of nitrogens with one attached hydrogen (secondary N) is 1. The van der Waals surface area contributed by atoms with E-state index in [0.29, 0.717) is 28.7 Å². The summed E-state index contributed by atoms with van der Waals surface area (Å²) in [7, 11) is 0. The monoisotopic (exact) mass is 486 g/mol. The maximum Gasteiger partial charge on any atom is 0.345 e. The fourth-order valence-electron chi connectivity index (χ4n) is 2.64. The topological polar surface area (TPSA) is 86.2 Å². The van der Waals surface area contributed by atoms with Crippen molar-refractivity contribution < 1.29 is 23.8 Å². The van der Waals surface area contributed by atoms with Gasteiger partial charge in [-0.05, 0) is 61.0 Å². The molecule has 3 rings (SSSR count). The molecule has 1 amide bonds. The van der Waals surface area contributed by atoms with Gasteiger partial charge in [0.25, 0.3) is 5.91 Å². The Kier molecular flexibility index (Phi) is 8.69. The molecule has 0 saturated carbocycles. The lowest BCUT2D eigenvalue weighted by Gasteiger charge is -2.12. The normalized spacial score (nSPS) is 10.6. The highest BCUT2D eigenvalue weighted by Crippen LogP contribution is 2.30. The van der Waals surface area contributed by atoms with Crippen LogP contribution in [0.2, 0.25) is 10.0 Å². The van der Waals surface area contributed by atoms with E-state index in [9.17, 15) is 9.59 Å². The van der Waals surface area contributed by atoms with Gasteiger partial charge in [-0.15, -0.1) is 0 Å². The Morgan fingerprint density at radius 2 is 1.76 bits per heavy atom. The highest BCUT2D eigenvalue weighted by molar-refractivity contribution is 6.36. The van der Waals surface area contributed by atoms with Gasteiger partial charge in [-0.1, -0.05) is 41.4 Å². The molecule has 3 aromatic rings. The minimum atomic E-state index is -0.648. The Hall–Kier alpha value is -3.55. The van der Waals surface area contributed by atoms with Crippen molar-refractivity contribution in [1.29, 1.82) is 0 Å². The van der Waals surface area contributed by atoms with Gasteiger partial charge in [0.2, 0.25) is 0 Å². The molecule has 9 heteroatoms. The number of carbonyl (C=O) groups is 2. The predicted octanol–water partition coefficient (Wildman–Crippen LogP) is 5.14. The minimum Gasteiger partial charge on any atom is -0.490 e. The Morgan fingerprint density at radius 3 is 2.48 bits per heavy atom. The van der Waals surface area contributed by atoms with Crippen LogP contribution >= 0.6 is 23.2 Å². The van der Waals surface area contributed by atoms with Crippen LogP contribution in [0.5, 0.6) is 17.2 Å². The molecule has 0 aliphatic carbocycles. The van der Waals surface area contributed by atoms with Gasteiger partial charge in [0.15, 0.2) is 18.1 Å². The van der Waals surface area contributed by atoms with Crippen molar-refractivity contribution in [3.05, 3.63) is 87.9 Å². The first-order valence-corrected chi connectivity index (χ1v) is 10.7. The number of amides is 1. The minimum absolute atomic E-state index is 0.173. The molecule has 0 aromatic heterocycles. The molecule has 0 radical (unpaired) electrons. The van der Waals surface area contributed by atoms with Crippen molar-refractivity contribution in [3.8, 4) is 17.2 Å². The second-order valence-electron chi connectivity index (χ2n) is 6.55. The van der Waals surface area contributed by atoms with Crippen LogP contribution in [0.3, 0.4) is 0 Å². The number of nitrogens with zero attached hydrogens (tertiary/aromatic N) is 1. The molecule has 0 aliphatic rings. The van der Waals surface area contributed by atoms with Crippen molar-refractivity contribution >= 4 is 41.3 Å². The Bertz CT molecular complexity index is 1150. The molecular formula is C24H20Cl2N2O5. The van der Waals surface area contributed by atoms with Crippen LogP contribution in [0, 0.1) is 0 Å². The number of ether oxygens (including phenoxy) is 3. The maximum atomic E-state index is 12.5. The molecule has 1 N–H and O–H groups in total. The second kappa shape index (κ2) is 11.9. The van der Waals surface area contributed by atoms with Crippen molar-refractivity contribution in [2.45, 2.75) is 6.92 Å². The van der Waals surface area contributed by atoms with E-state index in [0.717, 1.165) is 0 Å². The van der Waals surface area contributed by atoms with Gasteiger partial charge < -0.3 is 14.2 Å². The zero-order chi connectivity index (χ0) is 23.6. The van der Waals surface area contributed by atoms with Crippen LogP contribution in [-0.4, -0.2) is 31.3 Å². The van der Waals surface area contributed by atoms with Gasteiger partial charge in [-0.25, -0.2) is 10.2 Å². The summed E-state index contributed by atoms with van der Waals surface area (Å²) in [4.78, 5) is 24.4. The third-order valence-electron chi connectivity index (χ3n) is 4.14. The van der Waals surface area contributed by atoms with Crippen LogP contribution < -0.4 is 19.6 Å². The molecule has 0 bridgehead atoms. The number of hydrogen-bond donors (Lipinski definition) is 1. The average molecular weight is 487 g/mol. The molecule has 0 spiro atoms. The second-order valence-corrected chi connectivity index (χ2v) is 7.39. The molecule has 3 aromatic carbocycles. The molecule has 7 nitrogen and oxygen atoms in total. The fraction of sp³-hybridized carbons (Fsp3) is 0.125. The number of hydrogen-bond acceptors (Lipinski definition) is 6. The van der Waals surface area contributed by atoms with Gasteiger partial charge >= 0.3 is 5.97 Å². The highest BCUT2D eigenvalue weighted by Gasteiger charge is 2.16. The van der Waals surface area contributed by atoms with Crippen molar-refractivity contribution in [1.82, 2.24) is 5.43 Å². The first-order chi connectivity index (χ1) is 16.0. The predicted molar refractivity (Wildman–Crippen MR) is 127 cm³/mol. The van der Waals surface area contributed by atoms with E-state index in [2.05, 4.69) is 10.5 Å². The summed E-state index contributed by atoms with van der Waals surface area (Å²) >= 11 is 11.9. The van der Waals surface area contributed by atoms with Crippen LogP contribution in [-0.2, 0) is 4.79 Å². The number of hydrazone groups is 1. The third-order valence-corrected chi connectivity index (χ3v) is 4.69. The van der Waals surface area contributed by atoms with Gasteiger partial charge in [-0.2, -0.15) is 5.10 Å². The maximum absolute atomic E-state index is 12.5. The summed E-state index contributed by atoms with van der Waals surface area (Å²) in [6, 6.07) is 18.3. The van der Waals surface area contributed by atoms with Crippen LogP contribution in [0.1, 0.15) is 22.8 Å². The SMILES string of the molecule is CCOc1cc(/C=N\NC(=O)COc2ccccc2)ccc1OC(=O)c1ccc(Cl)cc1Cl. The van der Waals surface area contributed by atoms with E-state index < -0.39 is 11.9 Å². The quantitative estimate of drug-likeness (QED) is 0.196. The smallest absolute Gasteiger partial charge is 0.345 e. The standard InChI is InChI=1S/C24H20Cl2N2O5/c1-2-31-22-12-16(14-27-28-23(29)15-32-18-6-4-3-5-7-18)8-11-21(22)33-24(30)19-10-9-17(25)13-20(19)26/h3-14H,2,15H2,1H3,(H,28,29)/b27-14-. The van der Waals surface area contributed by atoms with Gasteiger partial charge in [0.1, 0.15) is 5.75 Å². The van der Waals surface area contributed by atoms with Crippen LogP contribution in [0.4, 0.5) is 0 Å². The number of esters is 1. The molecule has 0 heterocycles. The molecule has 170 valence electrons. The van der Waals surface area contributed by atoms with Crippen LogP contribution in [0.15, 0.2) is 71.8 Å². The lowest BCUT2D eigenvalue weighted by atomic mass is 10.2.